The highest BCUT2D eigenvalue weighted by atomic mass is 127. The Kier molecular flexibility index (Phi) is 10.2. The molecule has 0 spiro atoms. The number of aliphatic imine (C=N–C) groups is 1. The topological polar surface area (TPSA) is 67.8 Å². The first-order valence-corrected chi connectivity index (χ1v) is 9.83. The molecule has 0 saturated heterocycles. The minimum atomic E-state index is -4.75. The van der Waals surface area contributed by atoms with Crippen molar-refractivity contribution in [2.45, 2.75) is 26.1 Å². The molecule has 0 bridgehead atoms. The molecule has 0 aliphatic carbocycles. The third kappa shape index (κ3) is 9.16. The molecular formula is C23H24F3IN4O2. The summed E-state index contributed by atoms with van der Waals surface area (Å²) in [6.45, 7) is 0.917. The van der Waals surface area contributed by atoms with E-state index in [9.17, 15) is 13.2 Å². The molecule has 0 aliphatic rings. The Morgan fingerprint density at radius 2 is 1.73 bits per heavy atom. The molecule has 10 heteroatoms. The van der Waals surface area contributed by atoms with Gasteiger partial charge < -0.3 is 20.1 Å². The van der Waals surface area contributed by atoms with Crippen molar-refractivity contribution in [2.75, 3.05) is 7.05 Å². The van der Waals surface area contributed by atoms with E-state index in [0.29, 0.717) is 30.4 Å². The Morgan fingerprint density at radius 1 is 0.970 bits per heavy atom. The van der Waals surface area contributed by atoms with E-state index in [0.717, 1.165) is 11.3 Å². The number of aromatic nitrogens is 1. The van der Waals surface area contributed by atoms with Gasteiger partial charge in [0.1, 0.15) is 18.1 Å². The molecular weight excluding hydrogens is 548 g/mol. The van der Waals surface area contributed by atoms with Crippen LogP contribution >= 0.6 is 24.0 Å². The number of ether oxygens (including phenoxy) is 2. The minimum Gasteiger partial charge on any atom is -0.487 e. The van der Waals surface area contributed by atoms with Crippen molar-refractivity contribution in [3.05, 3.63) is 89.7 Å². The number of hydrogen-bond acceptors (Lipinski definition) is 4. The van der Waals surface area contributed by atoms with Gasteiger partial charge >= 0.3 is 6.36 Å². The van der Waals surface area contributed by atoms with Crippen LogP contribution in [0.1, 0.15) is 16.8 Å². The van der Waals surface area contributed by atoms with Gasteiger partial charge in [0.25, 0.3) is 0 Å². The predicted octanol–water partition coefficient (Wildman–Crippen LogP) is 5.04. The molecule has 1 heterocycles. The Hall–Kier alpha value is -3.02. The first-order valence-electron chi connectivity index (χ1n) is 9.83. The summed E-state index contributed by atoms with van der Waals surface area (Å²) in [5.74, 6) is 0.892. The van der Waals surface area contributed by atoms with E-state index in [1.54, 1.807) is 25.4 Å². The van der Waals surface area contributed by atoms with Gasteiger partial charge in [0.2, 0.25) is 0 Å². The standard InChI is InChI=1S/C23H23F3N4O2.HI/c1-27-22(30-15-18-8-2-3-11-21(18)32-23(24,25)26)29-14-17-7-6-10-20(13-17)31-16-19-9-4-5-12-28-19;/h2-13H,14-16H2,1H3,(H2,27,29,30);1H. The molecule has 2 aromatic carbocycles. The summed E-state index contributed by atoms with van der Waals surface area (Å²) in [4.78, 5) is 8.34. The van der Waals surface area contributed by atoms with Gasteiger partial charge in [0, 0.05) is 31.9 Å². The quantitative estimate of drug-likeness (QED) is 0.225. The molecule has 3 rings (SSSR count). The largest absolute Gasteiger partial charge is 0.573 e. The first-order chi connectivity index (χ1) is 15.4. The van der Waals surface area contributed by atoms with Gasteiger partial charge in [-0.1, -0.05) is 36.4 Å². The van der Waals surface area contributed by atoms with Crippen LogP contribution in [0.15, 0.2) is 77.9 Å². The van der Waals surface area contributed by atoms with Gasteiger partial charge in [-0.2, -0.15) is 0 Å². The minimum absolute atomic E-state index is 0. The zero-order chi connectivity index (χ0) is 22.8. The monoisotopic (exact) mass is 572 g/mol. The number of benzene rings is 2. The number of guanidine groups is 1. The Bertz CT molecular complexity index is 1030. The van der Waals surface area contributed by atoms with Crippen molar-refractivity contribution in [3.63, 3.8) is 0 Å². The molecule has 0 radical (unpaired) electrons. The van der Waals surface area contributed by atoms with Crippen LogP contribution in [0.4, 0.5) is 13.2 Å². The van der Waals surface area contributed by atoms with E-state index in [1.807, 2.05) is 42.5 Å². The van der Waals surface area contributed by atoms with Crippen LogP contribution in [0.5, 0.6) is 11.5 Å². The number of para-hydroxylation sites is 1. The van der Waals surface area contributed by atoms with E-state index in [1.165, 1.54) is 12.1 Å². The molecule has 2 N–H and O–H groups in total. The smallest absolute Gasteiger partial charge is 0.487 e. The van der Waals surface area contributed by atoms with E-state index >= 15 is 0 Å². The molecule has 1 aromatic heterocycles. The number of nitrogens with zero attached hydrogens (tertiary/aromatic N) is 2. The molecule has 6 nitrogen and oxygen atoms in total. The van der Waals surface area contributed by atoms with E-state index in [2.05, 4.69) is 25.3 Å². The molecule has 0 atom stereocenters. The lowest BCUT2D eigenvalue weighted by Crippen LogP contribution is -2.36. The van der Waals surface area contributed by atoms with Crippen molar-refractivity contribution in [3.8, 4) is 11.5 Å². The van der Waals surface area contributed by atoms with Gasteiger partial charge in [-0.25, -0.2) is 0 Å². The van der Waals surface area contributed by atoms with Crippen LogP contribution in [-0.2, 0) is 19.7 Å². The average Bonchev–Trinajstić information content (AvgIpc) is 2.79. The van der Waals surface area contributed by atoms with Crippen LogP contribution < -0.4 is 20.1 Å². The van der Waals surface area contributed by atoms with Crippen molar-refractivity contribution in [1.29, 1.82) is 0 Å². The molecule has 0 amide bonds. The zero-order valence-corrected chi connectivity index (χ0v) is 20.1. The molecule has 0 aliphatic heterocycles. The fourth-order valence-corrected chi connectivity index (χ4v) is 2.85. The predicted molar refractivity (Wildman–Crippen MR) is 131 cm³/mol. The van der Waals surface area contributed by atoms with Crippen molar-refractivity contribution < 1.29 is 22.6 Å². The van der Waals surface area contributed by atoms with E-state index in [-0.39, 0.29) is 36.3 Å². The van der Waals surface area contributed by atoms with Gasteiger partial charge in [-0.05, 0) is 35.9 Å². The summed E-state index contributed by atoms with van der Waals surface area (Å²) in [6.07, 6.45) is -3.04. The van der Waals surface area contributed by atoms with Gasteiger partial charge in [0.05, 0.1) is 5.69 Å². The lowest BCUT2D eigenvalue weighted by atomic mass is 10.2. The SMILES string of the molecule is CN=C(NCc1cccc(OCc2ccccn2)c1)NCc1ccccc1OC(F)(F)F.I. The second kappa shape index (κ2) is 12.9. The summed E-state index contributed by atoms with van der Waals surface area (Å²) >= 11 is 0. The first kappa shape index (κ1) is 26.2. The molecule has 176 valence electrons. The third-order valence-electron chi connectivity index (χ3n) is 4.34. The maximum atomic E-state index is 12.6. The van der Waals surface area contributed by atoms with Crippen LogP contribution in [0.25, 0.3) is 0 Å². The summed E-state index contributed by atoms with van der Waals surface area (Å²) in [5, 5.41) is 6.13. The van der Waals surface area contributed by atoms with Crippen LogP contribution in [0.2, 0.25) is 0 Å². The summed E-state index contributed by atoms with van der Waals surface area (Å²) in [6, 6.07) is 19.2. The van der Waals surface area contributed by atoms with E-state index in [4.69, 9.17) is 4.74 Å². The van der Waals surface area contributed by atoms with Crippen LogP contribution in [0.3, 0.4) is 0 Å². The number of hydrogen-bond donors (Lipinski definition) is 2. The second-order valence-corrected chi connectivity index (χ2v) is 6.69. The lowest BCUT2D eigenvalue weighted by molar-refractivity contribution is -0.274. The highest BCUT2D eigenvalue weighted by Gasteiger charge is 2.31. The van der Waals surface area contributed by atoms with Crippen molar-refractivity contribution in [1.82, 2.24) is 15.6 Å². The number of halogens is 4. The highest BCUT2D eigenvalue weighted by molar-refractivity contribution is 14.0. The fourth-order valence-electron chi connectivity index (χ4n) is 2.85. The Morgan fingerprint density at radius 3 is 2.45 bits per heavy atom. The molecule has 0 unspecified atom stereocenters. The van der Waals surface area contributed by atoms with Crippen molar-refractivity contribution in [2.24, 2.45) is 4.99 Å². The lowest BCUT2D eigenvalue weighted by Gasteiger charge is -2.16. The average molecular weight is 572 g/mol. The molecule has 33 heavy (non-hydrogen) atoms. The Balaban J connectivity index is 0.00000385. The normalized spacial score (nSPS) is 11.3. The third-order valence-corrected chi connectivity index (χ3v) is 4.34. The number of alkyl halides is 3. The maximum absolute atomic E-state index is 12.6. The molecule has 3 aromatic rings. The maximum Gasteiger partial charge on any atom is 0.573 e. The highest BCUT2D eigenvalue weighted by Crippen LogP contribution is 2.26. The molecule has 0 fully saturated rings. The molecule has 0 saturated carbocycles. The summed E-state index contributed by atoms with van der Waals surface area (Å²) < 4.78 is 47.6. The van der Waals surface area contributed by atoms with Gasteiger partial charge in [0.15, 0.2) is 5.96 Å². The van der Waals surface area contributed by atoms with E-state index < -0.39 is 6.36 Å². The number of nitrogens with one attached hydrogen (secondary N) is 2. The Labute approximate surface area is 207 Å². The van der Waals surface area contributed by atoms with Gasteiger partial charge in [-0.15, -0.1) is 37.1 Å². The van der Waals surface area contributed by atoms with Gasteiger partial charge in [-0.3, -0.25) is 9.98 Å². The summed E-state index contributed by atoms with van der Waals surface area (Å²) in [7, 11) is 1.58. The van der Waals surface area contributed by atoms with Crippen LogP contribution in [-0.4, -0.2) is 24.4 Å². The van der Waals surface area contributed by atoms with Crippen LogP contribution in [0, 0.1) is 0 Å². The number of pyridine rings is 1. The summed E-state index contributed by atoms with van der Waals surface area (Å²) in [5.41, 5.74) is 2.14. The number of rotatable bonds is 8. The second-order valence-electron chi connectivity index (χ2n) is 6.69. The van der Waals surface area contributed by atoms with Crippen molar-refractivity contribution >= 4 is 29.9 Å². The fraction of sp³-hybridized carbons (Fsp3) is 0.217. The zero-order valence-electron chi connectivity index (χ0n) is 17.8.